The highest BCUT2D eigenvalue weighted by Crippen LogP contribution is 2.20. The maximum atomic E-state index is 12.2. The van der Waals surface area contributed by atoms with E-state index >= 15 is 0 Å². The summed E-state index contributed by atoms with van der Waals surface area (Å²) in [6.07, 6.45) is 1.77. The minimum absolute atomic E-state index is 0.216. The van der Waals surface area contributed by atoms with Gasteiger partial charge in [-0.15, -0.1) is 0 Å². The Kier molecular flexibility index (Phi) is 4.02. The molecule has 98 valence electrons. The number of nitrogens with zero attached hydrogens (tertiary/aromatic N) is 1. The SMILES string of the molecule is Cc1cc(C)cc(N(C)C(=O)CC2CCNC2)c1. The van der Waals surface area contributed by atoms with E-state index < -0.39 is 0 Å². The van der Waals surface area contributed by atoms with Crippen LogP contribution in [0.5, 0.6) is 0 Å². The molecule has 0 aliphatic carbocycles. The third-order valence-corrected chi connectivity index (χ3v) is 3.59. The lowest BCUT2D eigenvalue weighted by Crippen LogP contribution is -2.28. The zero-order valence-corrected chi connectivity index (χ0v) is 11.5. The van der Waals surface area contributed by atoms with Crippen molar-refractivity contribution in [2.75, 3.05) is 25.0 Å². The van der Waals surface area contributed by atoms with Gasteiger partial charge in [-0.3, -0.25) is 4.79 Å². The second-order valence-electron chi connectivity index (χ2n) is 5.36. The molecule has 0 bridgehead atoms. The average Bonchev–Trinajstić information content (AvgIpc) is 2.79. The molecule has 0 saturated carbocycles. The van der Waals surface area contributed by atoms with Gasteiger partial charge in [0.15, 0.2) is 0 Å². The molecule has 2 rings (SSSR count). The standard InChI is InChI=1S/C15H22N2O/c1-11-6-12(2)8-14(7-11)17(3)15(18)9-13-4-5-16-10-13/h6-8,13,16H,4-5,9-10H2,1-3H3. The van der Waals surface area contributed by atoms with Crippen LogP contribution < -0.4 is 10.2 Å². The molecule has 3 heteroatoms. The summed E-state index contributed by atoms with van der Waals surface area (Å²) in [5.74, 6) is 0.722. The first-order valence-corrected chi connectivity index (χ1v) is 6.62. The third-order valence-electron chi connectivity index (χ3n) is 3.59. The first-order chi connectivity index (χ1) is 8.56. The van der Waals surface area contributed by atoms with Gasteiger partial charge in [-0.25, -0.2) is 0 Å². The van der Waals surface area contributed by atoms with Crippen LogP contribution in [0.4, 0.5) is 5.69 Å². The van der Waals surface area contributed by atoms with Gasteiger partial charge in [-0.1, -0.05) is 6.07 Å². The van der Waals surface area contributed by atoms with Crippen LogP contribution in [-0.4, -0.2) is 26.0 Å². The molecule has 1 aromatic carbocycles. The number of nitrogens with one attached hydrogen (secondary N) is 1. The smallest absolute Gasteiger partial charge is 0.227 e. The number of hydrogen-bond acceptors (Lipinski definition) is 2. The second-order valence-corrected chi connectivity index (χ2v) is 5.36. The van der Waals surface area contributed by atoms with Crippen LogP contribution in [0.2, 0.25) is 0 Å². The summed E-state index contributed by atoms with van der Waals surface area (Å²) < 4.78 is 0. The van der Waals surface area contributed by atoms with E-state index in [0.717, 1.165) is 25.2 Å². The zero-order valence-electron chi connectivity index (χ0n) is 11.5. The summed E-state index contributed by atoms with van der Waals surface area (Å²) in [7, 11) is 1.87. The molecular weight excluding hydrogens is 224 g/mol. The summed E-state index contributed by atoms with van der Waals surface area (Å²) in [6, 6.07) is 6.26. The van der Waals surface area contributed by atoms with Crippen molar-refractivity contribution in [2.45, 2.75) is 26.7 Å². The predicted octanol–water partition coefficient (Wildman–Crippen LogP) is 2.27. The van der Waals surface area contributed by atoms with Crippen molar-refractivity contribution in [3.05, 3.63) is 29.3 Å². The summed E-state index contributed by atoms with van der Waals surface area (Å²) in [6.45, 7) is 6.16. The fourth-order valence-electron chi connectivity index (χ4n) is 2.56. The molecule has 3 nitrogen and oxygen atoms in total. The molecule has 1 N–H and O–H groups in total. The van der Waals surface area contributed by atoms with Crippen LogP contribution in [0, 0.1) is 19.8 Å². The maximum Gasteiger partial charge on any atom is 0.227 e. The topological polar surface area (TPSA) is 32.3 Å². The first kappa shape index (κ1) is 13.1. The number of carbonyl (C=O) groups excluding carboxylic acids is 1. The minimum atomic E-state index is 0.216. The summed E-state index contributed by atoms with van der Waals surface area (Å²) >= 11 is 0. The minimum Gasteiger partial charge on any atom is -0.316 e. The monoisotopic (exact) mass is 246 g/mol. The fourth-order valence-corrected chi connectivity index (χ4v) is 2.56. The van der Waals surface area contributed by atoms with E-state index in [-0.39, 0.29) is 5.91 Å². The van der Waals surface area contributed by atoms with Gasteiger partial charge in [-0.2, -0.15) is 0 Å². The highest BCUT2D eigenvalue weighted by molar-refractivity contribution is 5.93. The van der Waals surface area contributed by atoms with Gasteiger partial charge in [0.2, 0.25) is 5.91 Å². The summed E-state index contributed by atoms with van der Waals surface area (Å²) in [5, 5.41) is 3.30. The molecule has 1 aliphatic rings. The van der Waals surface area contributed by atoms with E-state index in [2.05, 4.69) is 37.4 Å². The Hall–Kier alpha value is -1.35. The van der Waals surface area contributed by atoms with Crippen molar-refractivity contribution in [3.63, 3.8) is 0 Å². The molecule has 1 atom stereocenters. The summed E-state index contributed by atoms with van der Waals surface area (Å²) in [5.41, 5.74) is 3.41. The zero-order chi connectivity index (χ0) is 13.1. The molecule has 1 unspecified atom stereocenters. The van der Waals surface area contributed by atoms with E-state index in [1.807, 2.05) is 7.05 Å². The Morgan fingerprint density at radius 1 is 1.33 bits per heavy atom. The fraction of sp³-hybridized carbons (Fsp3) is 0.533. The molecule has 1 heterocycles. The Balaban J connectivity index is 2.04. The quantitative estimate of drug-likeness (QED) is 0.887. The Labute approximate surface area is 109 Å². The van der Waals surface area contributed by atoms with Crippen LogP contribution in [0.3, 0.4) is 0 Å². The Morgan fingerprint density at radius 3 is 2.56 bits per heavy atom. The van der Waals surface area contributed by atoms with Crippen molar-refractivity contribution in [2.24, 2.45) is 5.92 Å². The van der Waals surface area contributed by atoms with E-state index in [1.54, 1.807) is 4.90 Å². The number of anilines is 1. The number of aryl methyl sites for hydroxylation is 2. The first-order valence-electron chi connectivity index (χ1n) is 6.62. The molecule has 1 aromatic rings. The van der Waals surface area contributed by atoms with E-state index in [9.17, 15) is 4.79 Å². The van der Waals surface area contributed by atoms with Gasteiger partial charge >= 0.3 is 0 Å². The van der Waals surface area contributed by atoms with Gasteiger partial charge in [0.05, 0.1) is 0 Å². The summed E-state index contributed by atoms with van der Waals surface area (Å²) in [4.78, 5) is 14.0. The number of carbonyl (C=O) groups is 1. The van der Waals surface area contributed by atoms with Crippen LogP contribution in [-0.2, 0) is 4.79 Å². The molecule has 0 aromatic heterocycles. The highest BCUT2D eigenvalue weighted by atomic mass is 16.2. The largest absolute Gasteiger partial charge is 0.316 e. The van der Waals surface area contributed by atoms with Gasteiger partial charge in [-0.05, 0) is 62.5 Å². The lowest BCUT2D eigenvalue weighted by molar-refractivity contribution is -0.119. The predicted molar refractivity (Wildman–Crippen MR) is 74.9 cm³/mol. The molecule has 0 spiro atoms. The highest BCUT2D eigenvalue weighted by Gasteiger charge is 2.20. The van der Waals surface area contributed by atoms with Crippen LogP contribution in [0.1, 0.15) is 24.0 Å². The second kappa shape index (κ2) is 5.53. The van der Waals surface area contributed by atoms with E-state index in [1.165, 1.54) is 11.1 Å². The van der Waals surface area contributed by atoms with Gasteiger partial charge in [0.1, 0.15) is 0 Å². The van der Waals surface area contributed by atoms with Gasteiger partial charge < -0.3 is 10.2 Å². The van der Waals surface area contributed by atoms with E-state index in [0.29, 0.717) is 12.3 Å². The average molecular weight is 246 g/mol. The molecule has 1 fully saturated rings. The molecule has 1 saturated heterocycles. The van der Waals surface area contributed by atoms with E-state index in [4.69, 9.17) is 0 Å². The molecule has 1 amide bonds. The van der Waals surface area contributed by atoms with Crippen molar-refractivity contribution < 1.29 is 4.79 Å². The molecule has 18 heavy (non-hydrogen) atoms. The number of benzene rings is 1. The third kappa shape index (κ3) is 3.10. The van der Waals surface area contributed by atoms with Crippen LogP contribution >= 0.6 is 0 Å². The lowest BCUT2D eigenvalue weighted by atomic mass is 10.0. The number of hydrogen-bond donors (Lipinski definition) is 1. The van der Waals surface area contributed by atoms with Gasteiger partial charge in [0, 0.05) is 19.2 Å². The van der Waals surface area contributed by atoms with Gasteiger partial charge in [0.25, 0.3) is 0 Å². The maximum absolute atomic E-state index is 12.2. The number of amides is 1. The van der Waals surface area contributed by atoms with Crippen molar-refractivity contribution in [1.29, 1.82) is 0 Å². The number of rotatable bonds is 3. The van der Waals surface area contributed by atoms with Crippen LogP contribution in [0.25, 0.3) is 0 Å². The molecular formula is C15H22N2O. The van der Waals surface area contributed by atoms with Crippen molar-refractivity contribution in [3.8, 4) is 0 Å². The Morgan fingerprint density at radius 2 is 2.00 bits per heavy atom. The normalized spacial score (nSPS) is 18.9. The Bertz CT molecular complexity index is 416. The molecule has 0 radical (unpaired) electrons. The van der Waals surface area contributed by atoms with Crippen molar-refractivity contribution in [1.82, 2.24) is 5.32 Å². The van der Waals surface area contributed by atoms with Crippen LogP contribution in [0.15, 0.2) is 18.2 Å². The molecule has 1 aliphatic heterocycles. The lowest BCUT2D eigenvalue weighted by Gasteiger charge is -2.20. The van der Waals surface area contributed by atoms with Crippen molar-refractivity contribution >= 4 is 11.6 Å².